The van der Waals surface area contributed by atoms with Crippen LogP contribution in [-0.2, 0) is 48.4 Å². The summed E-state index contributed by atoms with van der Waals surface area (Å²) in [6.07, 6.45) is 2.78. The number of hydrogen-bond acceptors (Lipinski definition) is 34. The van der Waals surface area contributed by atoms with Gasteiger partial charge in [0.1, 0.15) is 20.2 Å². The minimum atomic E-state index is -5.26. The first-order valence-corrected chi connectivity index (χ1v) is 26.6. The summed E-state index contributed by atoms with van der Waals surface area (Å²) in [7, 11) is -10.4. The molecule has 0 saturated heterocycles. The average Bonchev–Trinajstić information content (AvgIpc) is 3.41. The summed E-state index contributed by atoms with van der Waals surface area (Å²) in [4.78, 5) is 26.4. The van der Waals surface area contributed by atoms with Gasteiger partial charge in [-0.05, 0) is 84.6 Å². The van der Waals surface area contributed by atoms with Crippen LogP contribution in [0.2, 0.25) is 0 Å². The molecule has 6 aromatic rings. The second-order valence-electron chi connectivity index (χ2n) is 15.1. The number of aliphatic hydroxyl groups is 4. The molecule has 31 nitrogen and oxygen atoms in total. The summed E-state index contributed by atoms with van der Waals surface area (Å²) in [5.41, 5.74) is 1.15. The van der Waals surface area contributed by atoms with Crippen LogP contribution in [0.3, 0.4) is 0 Å². The van der Waals surface area contributed by atoms with Crippen LogP contribution in [0.25, 0.3) is 12.2 Å². The third-order valence-electron chi connectivity index (χ3n) is 9.87. The van der Waals surface area contributed by atoms with Crippen LogP contribution in [0.1, 0.15) is 23.1 Å². The SMILES string of the molecule is Cc1ccc(SOO[O-])c(Nc2nc(Nc3ccc(C=Cc4ccc(Nc5nc(Nc6cc(SOO[O-])ccc6S(=O)(=O)[O-])nc(N(CCO)CCO)n5)cc4S(=O)(=O)[O-])c(SOO[O-])c3)nc(NC(CO)CCO)n2)c1.[Na+].[Na+].[Na+].[Na+].[Na+]. The van der Waals surface area contributed by atoms with Gasteiger partial charge in [0.2, 0.25) is 35.7 Å². The van der Waals surface area contributed by atoms with Crippen molar-refractivity contribution in [1.82, 2.24) is 29.9 Å². The Balaban J connectivity index is 0.00000672. The topological polar surface area (TPSA) is 461 Å². The van der Waals surface area contributed by atoms with Crippen molar-refractivity contribution in [2.24, 2.45) is 0 Å². The second kappa shape index (κ2) is 39.6. The van der Waals surface area contributed by atoms with E-state index in [0.717, 1.165) is 29.8 Å². The predicted octanol–water partition coefficient (Wildman–Crippen LogP) is -14.0. The number of anilines is 10. The van der Waals surface area contributed by atoms with E-state index in [1.807, 2.05) is 6.92 Å². The minimum absolute atomic E-state index is 0. The van der Waals surface area contributed by atoms with Gasteiger partial charge in [0.05, 0.1) is 88.1 Å². The predicted molar refractivity (Wildman–Crippen MR) is 265 cm³/mol. The maximum Gasteiger partial charge on any atom is 1.00 e. The Bertz CT molecular complexity index is 3230. The third-order valence-corrected chi connectivity index (χ3v) is 13.5. The molecule has 0 saturated carbocycles. The van der Waals surface area contributed by atoms with Gasteiger partial charge in [-0.2, -0.15) is 42.9 Å². The molecule has 4 aromatic carbocycles. The van der Waals surface area contributed by atoms with E-state index in [4.69, 9.17) is 0 Å². The molecule has 2 heterocycles. The van der Waals surface area contributed by atoms with Crippen LogP contribution in [-0.4, -0.2) is 122 Å². The molecule has 9 N–H and O–H groups in total. The minimum Gasteiger partial charge on any atom is -0.744 e. The van der Waals surface area contributed by atoms with Gasteiger partial charge >= 0.3 is 148 Å². The van der Waals surface area contributed by atoms with Gasteiger partial charge in [-0.3, -0.25) is 15.1 Å². The number of rotatable bonds is 31. The fourth-order valence-electron chi connectivity index (χ4n) is 6.58. The van der Waals surface area contributed by atoms with Gasteiger partial charge in [-0.25, -0.2) is 16.8 Å². The summed E-state index contributed by atoms with van der Waals surface area (Å²) in [5, 5.41) is 95.6. The molecule has 0 radical (unpaired) electrons. The van der Waals surface area contributed by atoms with Gasteiger partial charge in [0, 0.05) is 40.9 Å². The molecular weight excluding hydrogens is 1240 g/mol. The zero-order valence-corrected chi connectivity index (χ0v) is 58.3. The summed E-state index contributed by atoms with van der Waals surface area (Å²) in [5.74, 6) is -1.18. The monoisotopic (exact) mass is 1280 g/mol. The second-order valence-corrected chi connectivity index (χ2v) is 20.1. The smallest absolute Gasteiger partial charge is 0.744 e. The van der Waals surface area contributed by atoms with Gasteiger partial charge in [0.25, 0.3) is 0 Å². The standard InChI is InChI=1S/C41H46N12O19S5.5Na/c1-23-2-10-32(74-71-68-59)30(18-23)45-39-48-36(47-37(49-39)44-28(22-57)12-15-54)42-26-7-5-24(33(19-26)75-72-69-60)3-4-25-6-8-27(20-35(25)77(64,65)66)43-38-50-40(52-41(51-38)53(13-16-55)14-17-56)46-31-21-29(73-70-67-58)9-11-34(31)76(61,62)63;;;;;/h2-11,18-21,28,54-60H,12-17,22H2,1H3,(H,61,62,63)(H,64,65,66)(H2,43,46,50,51,52)(H3,42,44,45,47,48,49);;;;;/q;5*+1/p-5. The summed E-state index contributed by atoms with van der Waals surface area (Å²) >= 11 is 1.44. The van der Waals surface area contributed by atoms with Gasteiger partial charge in [0.15, 0.2) is 0 Å². The molecule has 0 fully saturated rings. The van der Waals surface area contributed by atoms with Crippen LogP contribution in [0.15, 0.2) is 97.3 Å². The van der Waals surface area contributed by atoms with Gasteiger partial charge in [-0.15, -0.1) is 0 Å². The molecule has 1 atom stereocenters. The van der Waals surface area contributed by atoms with Crippen LogP contribution < -0.4 is 195 Å². The van der Waals surface area contributed by atoms with E-state index in [0.29, 0.717) is 46.7 Å². The van der Waals surface area contributed by atoms with Crippen molar-refractivity contribution in [3.05, 3.63) is 89.5 Å². The molecule has 0 spiro atoms. The van der Waals surface area contributed by atoms with E-state index in [1.165, 1.54) is 47.4 Å². The summed E-state index contributed by atoms with van der Waals surface area (Å²) in [6.45, 7) is -0.0409. The summed E-state index contributed by atoms with van der Waals surface area (Å²) < 4.78 is 88.4. The van der Waals surface area contributed by atoms with Crippen LogP contribution in [0.4, 0.5) is 58.4 Å². The average molecular weight is 1280 g/mol. The van der Waals surface area contributed by atoms with E-state index in [2.05, 4.69) is 84.6 Å². The number of aliphatic hydroxyl groups excluding tert-OH is 4. The molecule has 0 aliphatic carbocycles. The number of benzene rings is 4. The zero-order valence-electron chi connectivity index (χ0n) is 44.2. The number of nitrogens with zero attached hydrogens (tertiary/aromatic N) is 7. The number of nitrogens with one attached hydrogen (secondary N) is 5. The molecule has 1 unspecified atom stereocenters. The Labute approximate surface area is 591 Å². The number of hydrogen-bond donors (Lipinski definition) is 9. The van der Waals surface area contributed by atoms with Gasteiger partial charge < -0.3 is 76.8 Å². The maximum absolute atomic E-state index is 12.8. The van der Waals surface area contributed by atoms with Crippen molar-refractivity contribution in [3.63, 3.8) is 0 Å². The quantitative estimate of drug-likeness (QED) is 0.00487. The number of aryl methyl sites for hydroxylation is 1. The molecule has 0 aliphatic rings. The number of aromatic nitrogens is 6. The van der Waals surface area contributed by atoms with Crippen LogP contribution >= 0.6 is 36.1 Å². The molecule has 6 rings (SSSR count). The first-order valence-electron chi connectivity index (χ1n) is 21.5. The maximum atomic E-state index is 12.8. The van der Waals surface area contributed by atoms with Crippen molar-refractivity contribution in [3.8, 4) is 0 Å². The molecule has 0 bridgehead atoms. The van der Waals surface area contributed by atoms with E-state index in [-0.39, 0.29) is 236 Å². The Morgan fingerprint density at radius 3 is 1.65 bits per heavy atom. The van der Waals surface area contributed by atoms with Crippen molar-refractivity contribution >= 4 is 127 Å². The Morgan fingerprint density at radius 1 is 0.561 bits per heavy atom. The Hall–Kier alpha value is -1.21. The fourth-order valence-corrected chi connectivity index (χ4v) is 9.22. The molecule has 0 aliphatic heterocycles. The van der Waals surface area contributed by atoms with Crippen molar-refractivity contribution < 1.29 is 238 Å². The molecule has 41 heteroatoms. The fraction of sp³-hybridized carbons (Fsp3) is 0.220. The Morgan fingerprint density at radius 2 is 1.07 bits per heavy atom. The molecular formula is C41H41N12Na5O19S5. The molecule has 414 valence electrons. The normalized spacial score (nSPS) is 11.4. The first-order chi connectivity index (χ1) is 37.0. The molecule has 0 amide bonds. The van der Waals surface area contributed by atoms with Crippen LogP contribution in [0.5, 0.6) is 0 Å². The molecule has 82 heavy (non-hydrogen) atoms. The van der Waals surface area contributed by atoms with E-state index < -0.39 is 67.5 Å². The zero-order chi connectivity index (χ0) is 55.5. The summed E-state index contributed by atoms with van der Waals surface area (Å²) in [6, 6.07) is 15.6. The van der Waals surface area contributed by atoms with E-state index >= 15 is 0 Å². The van der Waals surface area contributed by atoms with Crippen molar-refractivity contribution in [2.75, 3.05) is 71.0 Å². The van der Waals surface area contributed by atoms with E-state index in [1.54, 1.807) is 18.2 Å². The molecule has 2 aromatic heterocycles. The van der Waals surface area contributed by atoms with E-state index in [9.17, 15) is 62.1 Å². The van der Waals surface area contributed by atoms with Crippen LogP contribution in [0, 0.1) is 6.92 Å². The largest absolute Gasteiger partial charge is 1.00 e. The first kappa shape index (κ1) is 78.8. The van der Waals surface area contributed by atoms with Crippen molar-refractivity contribution in [1.29, 1.82) is 0 Å². The third kappa shape index (κ3) is 24.8. The van der Waals surface area contributed by atoms with Crippen molar-refractivity contribution in [2.45, 2.75) is 43.9 Å². The van der Waals surface area contributed by atoms with Gasteiger partial charge in [-0.1, -0.05) is 30.4 Å². The Kier molecular flexibility index (Phi) is 38.1.